The van der Waals surface area contributed by atoms with Gasteiger partial charge in [0, 0.05) is 49.0 Å². The van der Waals surface area contributed by atoms with Crippen LogP contribution in [0.1, 0.15) is 52.7 Å². The molecule has 1 N–H and O–H groups in total. The molecule has 0 saturated carbocycles. The number of pyridine rings is 1. The van der Waals surface area contributed by atoms with Crippen molar-refractivity contribution in [1.82, 2.24) is 15.2 Å². The van der Waals surface area contributed by atoms with Gasteiger partial charge in [0.15, 0.2) is 11.5 Å². The second kappa shape index (κ2) is 10.5. The molecule has 7 rings (SSSR count). The van der Waals surface area contributed by atoms with E-state index in [-0.39, 0.29) is 35.7 Å². The number of amides is 2. The van der Waals surface area contributed by atoms with Crippen LogP contribution in [-0.4, -0.2) is 68.0 Å². The Kier molecular flexibility index (Phi) is 6.72. The van der Waals surface area contributed by atoms with Crippen LogP contribution < -0.4 is 29.0 Å². The lowest BCUT2D eigenvalue weighted by Gasteiger charge is -2.34. The molecule has 0 spiro atoms. The number of ether oxygens (including phenoxy) is 6. The number of morpholine rings is 1. The number of hydrogen-bond donors (Lipinski definition) is 1. The number of aromatic nitrogens is 1. The van der Waals surface area contributed by atoms with Gasteiger partial charge in [-0.15, -0.1) is 8.78 Å². The summed E-state index contributed by atoms with van der Waals surface area (Å²) in [5, 5.41) is 3.13. The quantitative estimate of drug-likeness (QED) is 0.460. The van der Waals surface area contributed by atoms with Crippen molar-refractivity contribution in [2.75, 3.05) is 40.0 Å². The first-order valence-corrected chi connectivity index (χ1v) is 14.2. The van der Waals surface area contributed by atoms with Gasteiger partial charge < -0.3 is 38.6 Å². The van der Waals surface area contributed by atoms with E-state index in [1.165, 1.54) is 18.3 Å². The first-order chi connectivity index (χ1) is 21.1. The van der Waals surface area contributed by atoms with E-state index in [9.17, 15) is 18.4 Å². The van der Waals surface area contributed by atoms with E-state index in [0.29, 0.717) is 61.0 Å². The Hall–Kier alpha value is -4.65. The van der Waals surface area contributed by atoms with Gasteiger partial charge in [0.1, 0.15) is 35.4 Å². The number of methoxy groups -OCH3 is 1. The molecule has 1 saturated heterocycles. The topological polar surface area (TPSA) is 118 Å². The molecule has 4 aliphatic heterocycles. The molecule has 44 heavy (non-hydrogen) atoms. The van der Waals surface area contributed by atoms with Crippen LogP contribution in [0.5, 0.6) is 28.7 Å². The fourth-order valence-electron chi connectivity index (χ4n) is 5.90. The number of nitrogens with zero attached hydrogens (tertiary/aromatic N) is 2. The van der Waals surface area contributed by atoms with Gasteiger partial charge in [0.05, 0.1) is 37.6 Å². The Balaban J connectivity index is 1.14. The number of hydrogen-bond acceptors (Lipinski definition) is 9. The maximum Gasteiger partial charge on any atom is 0.586 e. The average Bonchev–Trinajstić information content (AvgIpc) is 3.53. The maximum absolute atomic E-state index is 13.9. The van der Waals surface area contributed by atoms with E-state index in [2.05, 4.69) is 19.8 Å². The van der Waals surface area contributed by atoms with Gasteiger partial charge in [-0.3, -0.25) is 14.6 Å². The second-order valence-corrected chi connectivity index (χ2v) is 11.2. The minimum atomic E-state index is -3.79. The molecule has 11 nitrogen and oxygen atoms in total. The van der Waals surface area contributed by atoms with Crippen molar-refractivity contribution in [1.29, 1.82) is 0 Å². The summed E-state index contributed by atoms with van der Waals surface area (Å²) >= 11 is 0. The van der Waals surface area contributed by atoms with E-state index in [1.807, 2.05) is 6.07 Å². The van der Waals surface area contributed by atoms with E-state index in [4.69, 9.17) is 18.9 Å². The van der Waals surface area contributed by atoms with Crippen molar-refractivity contribution >= 4 is 11.8 Å². The highest BCUT2D eigenvalue weighted by Gasteiger charge is 2.49. The van der Waals surface area contributed by atoms with E-state index in [0.717, 1.165) is 5.56 Å². The Morgan fingerprint density at radius 1 is 1.02 bits per heavy atom. The van der Waals surface area contributed by atoms with Crippen LogP contribution in [0.4, 0.5) is 8.78 Å². The summed E-state index contributed by atoms with van der Waals surface area (Å²) < 4.78 is 59.4. The molecule has 1 fully saturated rings. The number of nitrogens with one attached hydrogen (secondary N) is 1. The smallest absolute Gasteiger partial charge is 0.497 e. The summed E-state index contributed by atoms with van der Waals surface area (Å²) in [7, 11) is 1.55. The third-order valence-electron chi connectivity index (χ3n) is 8.40. The minimum absolute atomic E-state index is 0.00421. The fraction of sp³-hybridized carbons (Fsp3) is 0.387. The highest BCUT2D eigenvalue weighted by molar-refractivity contribution is 5.94. The second-order valence-electron chi connectivity index (χ2n) is 11.2. The van der Waals surface area contributed by atoms with Crippen LogP contribution in [0, 0.1) is 0 Å². The summed E-state index contributed by atoms with van der Waals surface area (Å²) in [6.45, 7) is 3.73. The Bertz CT molecular complexity index is 1630. The number of rotatable bonds is 5. The summed E-state index contributed by atoms with van der Waals surface area (Å²) in [4.78, 5) is 33.1. The molecule has 3 atom stereocenters. The Morgan fingerprint density at radius 2 is 1.80 bits per heavy atom. The van der Waals surface area contributed by atoms with Gasteiger partial charge in [-0.2, -0.15) is 0 Å². The van der Waals surface area contributed by atoms with E-state index >= 15 is 0 Å². The molecule has 4 aliphatic rings. The van der Waals surface area contributed by atoms with Crippen molar-refractivity contribution in [3.05, 3.63) is 71.0 Å². The number of benzene rings is 2. The van der Waals surface area contributed by atoms with Gasteiger partial charge >= 0.3 is 6.29 Å². The molecule has 0 aliphatic carbocycles. The third-order valence-corrected chi connectivity index (χ3v) is 8.40. The minimum Gasteiger partial charge on any atom is -0.497 e. The van der Waals surface area contributed by atoms with Crippen molar-refractivity contribution in [3.8, 4) is 28.7 Å². The first kappa shape index (κ1) is 28.1. The number of alkyl halides is 2. The molecular weight excluding hydrogens is 580 g/mol. The third kappa shape index (κ3) is 4.90. The zero-order valence-corrected chi connectivity index (χ0v) is 23.9. The summed E-state index contributed by atoms with van der Waals surface area (Å²) in [5.74, 6) is 0.562. The zero-order chi connectivity index (χ0) is 30.6. The van der Waals surface area contributed by atoms with Crippen LogP contribution in [-0.2, 0) is 14.9 Å². The molecule has 2 aromatic carbocycles. The zero-order valence-electron chi connectivity index (χ0n) is 23.9. The van der Waals surface area contributed by atoms with E-state index in [1.54, 1.807) is 43.2 Å². The number of halogens is 2. The van der Waals surface area contributed by atoms with Crippen molar-refractivity contribution in [3.63, 3.8) is 0 Å². The SMILES string of the molecule is COc1ccc2c(c1)O[C@@H](c1ccc(C(=O)N3CCOCC3)cn1)C[C@H]2NC(=O)[C@@]1(C)COc2cc3c(cc21)OC(F)(F)O3. The molecule has 13 heteroatoms. The summed E-state index contributed by atoms with van der Waals surface area (Å²) in [6.07, 6.45) is -2.47. The highest BCUT2D eigenvalue weighted by Crippen LogP contribution is 2.50. The molecule has 230 valence electrons. The molecule has 0 radical (unpaired) electrons. The molecule has 0 unspecified atom stereocenters. The van der Waals surface area contributed by atoms with E-state index < -0.39 is 23.9 Å². The molecular formula is C31H29F2N3O8. The monoisotopic (exact) mass is 609 g/mol. The predicted molar refractivity (Wildman–Crippen MR) is 148 cm³/mol. The Morgan fingerprint density at radius 3 is 2.52 bits per heavy atom. The predicted octanol–water partition coefficient (Wildman–Crippen LogP) is 3.92. The van der Waals surface area contributed by atoms with Gasteiger partial charge in [-0.1, -0.05) is 0 Å². The van der Waals surface area contributed by atoms with Crippen LogP contribution in [0.25, 0.3) is 0 Å². The van der Waals surface area contributed by atoms with Crippen molar-refractivity contribution < 1.29 is 46.8 Å². The fourth-order valence-corrected chi connectivity index (χ4v) is 5.90. The van der Waals surface area contributed by atoms with Gasteiger partial charge in [-0.05, 0) is 37.3 Å². The Labute approximate surface area is 250 Å². The molecule has 3 aromatic rings. The van der Waals surface area contributed by atoms with Crippen LogP contribution in [0.15, 0.2) is 48.7 Å². The van der Waals surface area contributed by atoms with Gasteiger partial charge in [-0.25, -0.2) is 0 Å². The van der Waals surface area contributed by atoms with Crippen LogP contribution in [0.3, 0.4) is 0 Å². The standard InChI is InChI=1S/C31H29F2N3O8/c1-30(16-41-24-14-27-26(12-20(24)30)43-31(32,33)44-27)29(38)35-22-13-25(42-23-11-18(39-2)4-5-19(22)23)21-6-3-17(15-34-21)28(37)36-7-9-40-10-8-36/h3-6,11-12,14-15,22,25H,7-10,13,16H2,1-2H3,(H,35,38)/t22-,25-,30+/m1/s1. The number of carbonyl (C=O) groups is 2. The maximum atomic E-state index is 13.9. The van der Waals surface area contributed by atoms with Crippen LogP contribution >= 0.6 is 0 Å². The van der Waals surface area contributed by atoms with Crippen LogP contribution in [0.2, 0.25) is 0 Å². The van der Waals surface area contributed by atoms with Crippen molar-refractivity contribution in [2.45, 2.75) is 37.2 Å². The highest BCUT2D eigenvalue weighted by atomic mass is 19.3. The largest absolute Gasteiger partial charge is 0.586 e. The van der Waals surface area contributed by atoms with Gasteiger partial charge in [0.2, 0.25) is 5.91 Å². The van der Waals surface area contributed by atoms with Crippen molar-refractivity contribution in [2.24, 2.45) is 0 Å². The number of fused-ring (bicyclic) bond motifs is 3. The summed E-state index contributed by atoms with van der Waals surface area (Å²) in [5.41, 5.74) is 1.00. The molecule has 5 heterocycles. The lowest BCUT2D eigenvalue weighted by Crippen LogP contribution is -2.46. The molecule has 1 aromatic heterocycles. The van der Waals surface area contributed by atoms with Gasteiger partial charge in [0.25, 0.3) is 5.91 Å². The normalized spacial score (nSPS) is 24.4. The lowest BCUT2D eigenvalue weighted by atomic mass is 9.82. The summed E-state index contributed by atoms with van der Waals surface area (Å²) in [6, 6.07) is 11.0. The lowest BCUT2D eigenvalue weighted by molar-refractivity contribution is -0.286. The molecule has 2 amide bonds. The molecule has 0 bridgehead atoms. The number of carbonyl (C=O) groups excluding carboxylic acids is 2. The first-order valence-electron chi connectivity index (χ1n) is 14.2. The average molecular weight is 610 g/mol.